The average molecular weight is 374 g/mol. The van der Waals surface area contributed by atoms with E-state index in [1.54, 1.807) is 0 Å². The Hall–Kier alpha value is -0.810. The molecular weight excluding hydrogens is 345 g/mol. The van der Waals surface area contributed by atoms with Crippen molar-refractivity contribution in [2.24, 2.45) is 5.73 Å². The van der Waals surface area contributed by atoms with Crippen LogP contribution in [0.3, 0.4) is 0 Å². The topological polar surface area (TPSA) is 58.4 Å². The van der Waals surface area contributed by atoms with E-state index < -0.39 is 0 Å². The molecular formula is C18H29Cl2N3O. The quantitative estimate of drug-likeness (QED) is 0.852. The van der Waals surface area contributed by atoms with E-state index in [4.69, 9.17) is 5.73 Å². The Balaban J connectivity index is 0.00000144. The van der Waals surface area contributed by atoms with Crippen molar-refractivity contribution in [1.29, 1.82) is 0 Å². The van der Waals surface area contributed by atoms with E-state index in [1.807, 2.05) is 6.92 Å². The van der Waals surface area contributed by atoms with Gasteiger partial charge in [-0.3, -0.25) is 9.69 Å². The molecule has 0 aromatic heterocycles. The molecule has 24 heavy (non-hydrogen) atoms. The van der Waals surface area contributed by atoms with Gasteiger partial charge in [0.15, 0.2) is 0 Å². The molecule has 3 N–H and O–H groups in total. The number of hydrogen-bond acceptors (Lipinski definition) is 3. The van der Waals surface area contributed by atoms with Crippen LogP contribution in [-0.2, 0) is 17.8 Å². The molecule has 0 spiro atoms. The van der Waals surface area contributed by atoms with Crippen molar-refractivity contribution in [3.63, 3.8) is 0 Å². The van der Waals surface area contributed by atoms with Crippen LogP contribution in [0.2, 0.25) is 0 Å². The fourth-order valence-corrected chi connectivity index (χ4v) is 3.81. The smallest absolute Gasteiger partial charge is 0.237 e. The van der Waals surface area contributed by atoms with Crippen LogP contribution in [0.4, 0.5) is 0 Å². The van der Waals surface area contributed by atoms with Gasteiger partial charge in [0.1, 0.15) is 0 Å². The van der Waals surface area contributed by atoms with Crippen LogP contribution in [-0.4, -0.2) is 35.5 Å². The number of amides is 1. The fourth-order valence-electron chi connectivity index (χ4n) is 3.81. The number of nitrogens with zero attached hydrogens (tertiary/aromatic N) is 1. The van der Waals surface area contributed by atoms with Gasteiger partial charge in [-0.2, -0.15) is 0 Å². The third kappa shape index (κ3) is 4.42. The Morgan fingerprint density at radius 2 is 1.88 bits per heavy atom. The second-order valence-corrected chi connectivity index (χ2v) is 6.85. The molecule has 1 aromatic carbocycles. The molecule has 6 heteroatoms. The number of nitrogens with two attached hydrogens (primary N) is 1. The second kappa shape index (κ2) is 9.04. The first kappa shape index (κ1) is 21.2. The maximum absolute atomic E-state index is 12.7. The van der Waals surface area contributed by atoms with E-state index in [-0.39, 0.29) is 42.3 Å². The molecule has 136 valence electrons. The highest BCUT2D eigenvalue weighted by Gasteiger charge is 2.36. The number of carbonyl (C=O) groups excluding carboxylic acids is 1. The van der Waals surface area contributed by atoms with E-state index in [0.717, 1.165) is 32.4 Å². The highest BCUT2D eigenvalue weighted by Crippen LogP contribution is 2.29. The van der Waals surface area contributed by atoms with Crippen molar-refractivity contribution in [2.45, 2.75) is 57.2 Å². The Morgan fingerprint density at radius 1 is 1.25 bits per heavy atom. The van der Waals surface area contributed by atoms with Gasteiger partial charge in [-0.1, -0.05) is 37.1 Å². The lowest BCUT2D eigenvalue weighted by atomic mass is 9.96. The summed E-state index contributed by atoms with van der Waals surface area (Å²) in [7, 11) is 0. The Kier molecular flexibility index (Phi) is 8.00. The van der Waals surface area contributed by atoms with Crippen LogP contribution in [0.1, 0.15) is 43.7 Å². The molecule has 1 aromatic rings. The molecule has 3 rings (SSSR count). The van der Waals surface area contributed by atoms with E-state index in [9.17, 15) is 4.79 Å². The number of fused-ring (bicyclic) bond motifs is 1. The summed E-state index contributed by atoms with van der Waals surface area (Å²) >= 11 is 0. The summed E-state index contributed by atoms with van der Waals surface area (Å²) in [5.74, 6) is 0.131. The second-order valence-electron chi connectivity index (χ2n) is 6.85. The molecule has 1 aliphatic heterocycles. The van der Waals surface area contributed by atoms with Crippen molar-refractivity contribution in [3.05, 3.63) is 35.4 Å². The zero-order valence-corrected chi connectivity index (χ0v) is 15.9. The van der Waals surface area contributed by atoms with Gasteiger partial charge in [-0.05, 0) is 37.3 Å². The molecule has 1 atom stereocenters. The Bertz CT molecular complexity index is 547. The van der Waals surface area contributed by atoms with Crippen molar-refractivity contribution in [3.8, 4) is 0 Å². The molecule has 1 amide bonds. The van der Waals surface area contributed by atoms with E-state index in [0.29, 0.717) is 6.54 Å². The molecule has 1 unspecified atom stereocenters. The minimum absolute atomic E-state index is 0. The van der Waals surface area contributed by atoms with Gasteiger partial charge in [-0.25, -0.2) is 0 Å². The molecule has 1 aliphatic carbocycles. The van der Waals surface area contributed by atoms with Crippen molar-refractivity contribution in [1.82, 2.24) is 10.2 Å². The minimum atomic E-state index is -0.154. The molecule has 2 aliphatic rings. The van der Waals surface area contributed by atoms with Crippen LogP contribution >= 0.6 is 24.8 Å². The Labute approximate surface area is 157 Å². The van der Waals surface area contributed by atoms with Crippen molar-refractivity contribution in [2.75, 3.05) is 13.1 Å². The zero-order valence-electron chi connectivity index (χ0n) is 14.3. The van der Waals surface area contributed by atoms with Crippen LogP contribution in [0, 0.1) is 0 Å². The lowest BCUT2D eigenvalue weighted by Crippen LogP contribution is -2.57. The third-order valence-corrected chi connectivity index (χ3v) is 5.43. The lowest BCUT2D eigenvalue weighted by Gasteiger charge is -2.36. The van der Waals surface area contributed by atoms with Gasteiger partial charge >= 0.3 is 0 Å². The summed E-state index contributed by atoms with van der Waals surface area (Å²) in [6.45, 7) is 4.37. The van der Waals surface area contributed by atoms with Crippen molar-refractivity contribution < 1.29 is 4.79 Å². The molecule has 1 heterocycles. The maximum Gasteiger partial charge on any atom is 0.237 e. The summed E-state index contributed by atoms with van der Waals surface area (Å²) in [5, 5.41) is 3.26. The Morgan fingerprint density at radius 3 is 2.50 bits per heavy atom. The normalized spacial score (nSPS) is 20.2. The summed E-state index contributed by atoms with van der Waals surface area (Å²) in [6, 6.07) is 8.44. The summed E-state index contributed by atoms with van der Waals surface area (Å²) < 4.78 is 0. The molecule has 1 saturated carbocycles. The SMILES string of the molecule is CC(C(=O)NC1(CN)CCCC1)N1CCc2ccccc2C1.Cl.Cl. The largest absolute Gasteiger partial charge is 0.348 e. The number of nitrogens with one attached hydrogen (secondary N) is 1. The number of halogens is 2. The predicted molar refractivity (Wildman–Crippen MR) is 103 cm³/mol. The lowest BCUT2D eigenvalue weighted by molar-refractivity contribution is -0.128. The molecule has 0 radical (unpaired) electrons. The van der Waals surface area contributed by atoms with E-state index in [1.165, 1.54) is 24.0 Å². The number of benzene rings is 1. The number of hydrogen-bond donors (Lipinski definition) is 2. The van der Waals surface area contributed by atoms with Crippen LogP contribution in [0.25, 0.3) is 0 Å². The van der Waals surface area contributed by atoms with Gasteiger partial charge in [0.05, 0.1) is 11.6 Å². The van der Waals surface area contributed by atoms with Crippen LogP contribution in [0.5, 0.6) is 0 Å². The average Bonchev–Trinajstić information content (AvgIpc) is 3.02. The fraction of sp³-hybridized carbons (Fsp3) is 0.611. The van der Waals surface area contributed by atoms with Gasteiger partial charge in [-0.15, -0.1) is 24.8 Å². The number of rotatable bonds is 4. The first-order chi connectivity index (χ1) is 10.6. The van der Waals surface area contributed by atoms with Crippen molar-refractivity contribution >= 4 is 30.7 Å². The molecule has 0 bridgehead atoms. The van der Waals surface area contributed by atoms with Gasteiger partial charge in [0.25, 0.3) is 0 Å². The summed E-state index contributed by atoms with van der Waals surface area (Å²) in [5.41, 5.74) is 8.54. The highest BCUT2D eigenvalue weighted by atomic mass is 35.5. The zero-order chi connectivity index (χ0) is 15.6. The van der Waals surface area contributed by atoms with Gasteiger partial charge < -0.3 is 11.1 Å². The predicted octanol–water partition coefficient (Wildman–Crippen LogP) is 2.66. The first-order valence-electron chi connectivity index (χ1n) is 8.46. The number of carbonyl (C=O) groups is 1. The monoisotopic (exact) mass is 373 g/mol. The standard InChI is InChI=1S/C18H27N3O.2ClH/c1-14(17(22)20-18(13-19)9-4-5-10-18)21-11-8-15-6-2-3-7-16(15)12-21;;/h2-3,6-7,14H,4-5,8-13,19H2,1H3,(H,20,22);2*1H. The van der Waals surface area contributed by atoms with Crippen LogP contribution in [0.15, 0.2) is 24.3 Å². The maximum atomic E-state index is 12.7. The first-order valence-corrected chi connectivity index (χ1v) is 8.46. The molecule has 1 fully saturated rings. The minimum Gasteiger partial charge on any atom is -0.348 e. The van der Waals surface area contributed by atoms with Gasteiger partial charge in [0, 0.05) is 19.6 Å². The van der Waals surface area contributed by atoms with Gasteiger partial charge in [0.2, 0.25) is 5.91 Å². The van der Waals surface area contributed by atoms with E-state index >= 15 is 0 Å². The molecule has 0 saturated heterocycles. The van der Waals surface area contributed by atoms with E-state index in [2.05, 4.69) is 34.5 Å². The summed E-state index contributed by atoms with van der Waals surface area (Å²) in [4.78, 5) is 14.9. The van der Waals surface area contributed by atoms with Crippen LogP contribution < -0.4 is 11.1 Å². The molecule has 4 nitrogen and oxygen atoms in total. The highest BCUT2D eigenvalue weighted by molar-refractivity contribution is 5.85. The third-order valence-electron chi connectivity index (χ3n) is 5.43. The summed E-state index contributed by atoms with van der Waals surface area (Å²) in [6.07, 6.45) is 5.40.